The van der Waals surface area contributed by atoms with Crippen molar-refractivity contribution in [3.63, 3.8) is 0 Å². The number of allylic oxidation sites excluding steroid dienone is 2. The molecule has 2 aromatic rings. The van der Waals surface area contributed by atoms with E-state index in [1.54, 1.807) is 6.26 Å². The Hall–Kier alpha value is -2.28. The molecule has 1 heteroatoms. The van der Waals surface area contributed by atoms with Crippen LogP contribution in [-0.4, -0.2) is 0 Å². The SMILES string of the molecule is C1=CC(c2ccccc2)C=C(c2ccccc2)O1. The molecule has 0 amide bonds. The number of benzene rings is 2. The molecule has 0 radical (unpaired) electrons. The Morgan fingerprint density at radius 2 is 1.44 bits per heavy atom. The van der Waals surface area contributed by atoms with E-state index < -0.39 is 0 Å². The number of rotatable bonds is 2. The van der Waals surface area contributed by atoms with Crippen LogP contribution in [0.2, 0.25) is 0 Å². The summed E-state index contributed by atoms with van der Waals surface area (Å²) in [5.74, 6) is 1.21. The molecule has 0 N–H and O–H groups in total. The predicted octanol–water partition coefficient (Wildman–Crippen LogP) is 4.36. The monoisotopic (exact) mass is 234 g/mol. The van der Waals surface area contributed by atoms with E-state index in [0.717, 1.165) is 11.3 Å². The van der Waals surface area contributed by atoms with Crippen molar-refractivity contribution in [2.75, 3.05) is 0 Å². The lowest BCUT2D eigenvalue weighted by molar-refractivity contribution is 0.424. The van der Waals surface area contributed by atoms with Crippen LogP contribution in [0.3, 0.4) is 0 Å². The molecule has 3 rings (SSSR count). The molecule has 1 nitrogen and oxygen atoms in total. The van der Waals surface area contributed by atoms with Crippen molar-refractivity contribution >= 4 is 5.76 Å². The molecule has 1 heterocycles. The van der Waals surface area contributed by atoms with Gasteiger partial charge in [0.05, 0.1) is 6.26 Å². The predicted molar refractivity (Wildman–Crippen MR) is 73.8 cm³/mol. The first kappa shape index (κ1) is 10.8. The van der Waals surface area contributed by atoms with E-state index in [1.807, 2.05) is 24.3 Å². The summed E-state index contributed by atoms with van der Waals surface area (Å²) in [5, 5.41) is 0. The van der Waals surface area contributed by atoms with E-state index in [4.69, 9.17) is 4.74 Å². The van der Waals surface area contributed by atoms with Gasteiger partial charge in [-0.25, -0.2) is 0 Å². The summed E-state index contributed by atoms with van der Waals surface area (Å²) in [6.07, 6.45) is 6.01. The molecular weight excluding hydrogens is 220 g/mol. The number of hydrogen-bond donors (Lipinski definition) is 0. The second-order valence-electron chi connectivity index (χ2n) is 4.28. The van der Waals surface area contributed by atoms with Gasteiger partial charge in [0.25, 0.3) is 0 Å². The van der Waals surface area contributed by atoms with Gasteiger partial charge in [0, 0.05) is 11.5 Å². The zero-order chi connectivity index (χ0) is 12.2. The molecule has 0 aromatic heterocycles. The third kappa shape index (κ3) is 2.21. The van der Waals surface area contributed by atoms with Crippen LogP contribution in [0.25, 0.3) is 5.76 Å². The highest BCUT2D eigenvalue weighted by Crippen LogP contribution is 2.29. The summed E-state index contributed by atoms with van der Waals surface area (Å²) in [7, 11) is 0. The maximum Gasteiger partial charge on any atom is 0.130 e. The molecule has 1 atom stereocenters. The second kappa shape index (κ2) is 4.92. The Kier molecular flexibility index (Phi) is 2.97. The average Bonchev–Trinajstić information content (AvgIpc) is 2.49. The second-order valence-corrected chi connectivity index (χ2v) is 4.28. The minimum Gasteiger partial charge on any atom is -0.465 e. The van der Waals surface area contributed by atoms with Crippen molar-refractivity contribution in [2.24, 2.45) is 0 Å². The fourth-order valence-corrected chi connectivity index (χ4v) is 2.10. The van der Waals surface area contributed by atoms with Crippen molar-refractivity contribution in [1.82, 2.24) is 0 Å². The van der Waals surface area contributed by atoms with Crippen LogP contribution >= 0.6 is 0 Å². The standard InChI is InChI=1S/C17H14O/c1-3-7-14(8-4-1)16-11-12-18-17(13-16)15-9-5-2-6-10-15/h1-13,16H. The lowest BCUT2D eigenvalue weighted by atomic mass is 9.96. The van der Waals surface area contributed by atoms with E-state index in [2.05, 4.69) is 48.6 Å². The molecule has 2 aromatic carbocycles. The molecule has 0 fully saturated rings. The Balaban J connectivity index is 1.93. The van der Waals surface area contributed by atoms with Crippen molar-refractivity contribution in [2.45, 2.75) is 5.92 Å². The first-order valence-electron chi connectivity index (χ1n) is 6.09. The van der Waals surface area contributed by atoms with Gasteiger partial charge in [0.15, 0.2) is 0 Å². The molecule has 0 saturated heterocycles. The summed E-state index contributed by atoms with van der Waals surface area (Å²) in [6.45, 7) is 0. The molecule has 0 aliphatic carbocycles. The van der Waals surface area contributed by atoms with Crippen molar-refractivity contribution < 1.29 is 4.74 Å². The topological polar surface area (TPSA) is 9.23 Å². The third-order valence-electron chi connectivity index (χ3n) is 3.05. The van der Waals surface area contributed by atoms with Crippen LogP contribution in [0, 0.1) is 0 Å². The largest absolute Gasteiger partial charge is 0.465 e. The van der Waals surface area contributed by atoms with E-state index in [0.29, 0.717) is 0 Å². The summed E-state index contributed by atoms with van der Waals surface area (Å²) < 4.78 is 5.60. The first-order valence-corrected chi connectivity index (χ1v) is 6.09. The number of ether oxygens (including phenoxy) is 1. The lowest BCUT2D eigenvalue weighted by Crippen LogP contribution is -1.99. The van der Waals surface area contributed by atoms with Gasteiger partial charge in [-0.1, -0.05) is 60.7 Å². The maximum atomic E-state index is 5.60. The summed E-state index contributed by atoms with van der Waals surface area (Å²) in [5.41, 5.74) is 2.40. The fraction of sp³-hybridized carbons (Fsp3) is 0.0588. The van der Waals surface area contributed by atoms with Crippen LogP contribution in [0.5, 0.6) is 0 Å². The lowest BCUT2D eigenvalue weighted by Gasteiger charge is -2.17. The highest BCUT2D eigenvalue weighted by molar-refractivity contribution is 5.63. The van der Waals surface area contributed by atoms with Crippen LogP contribution in [0.15, 0.2) is 79.1 Å². The van der Waals surface area contributed by atoms with E-state index in [9.17, 15) is 0 Å². The molecule has 1 aliphatic rings. The van der Waals surface area contributed by atoms with Gasteiger partial charge < -0.3 is 4.74 Å². The first-order chi connectivity index (χ1) is 8.93. The van der Waals surface area contributed by atoms with Crippen LogP contribution in [0.4, 0.5) is 0 Å². The zero-order valence-corrected chi connectivity index (χ0v) is 9.99. The van der Waals surface area contributed by atoms with Crippen molar-refractivity contribution in [1.29, 1.82) is 0 Å². The molecule has 0 spiro atoms. The highest BCUT2D eigenvalue weighted by atomic mass is 16.5. The van der Waals surface area contributed by atoms with E-state index >= 15 is 0 Å². The smallest absolute Gasteiger partial charge is 0.130 e. The summed E-state index contributed by atoms with van der Waals surface area (Å²) >= 11 is 0. The normalized spacial score (nSPS) is 18.0. The maximum absolute atomic E-state index is 5.60. The molecule has 88 valence electrons. The minimum absolute atomic E-state index is 0.287. The van der Waals surface area contributed by atoms with Gasteiger partial charge in [-0.3, -0.25) is 0 Å². The number of hydrogen-bond acceptors (Lipinski definition) is 1. The molecular formula is C17H14O. The van der Waals surface area contributed by atoms with Crippen LogP contribution in [0.1, 0.15) is 17.0 Å². The highest BCUT2D eigenvalue weighted by Gasteiger charge is 2.12. The summed E-state index contributed by atoms with van der Waals surface area (Å²) in [4.78, 5) is 0. The Labute approximate surface area is 107 Å². The molecule has 1 unspecified atom stereocenters. The van der Waals surface area contributed by atoms with Gasteiger partial charge in [0.1, 0.15) is 5.76 Å². The zero-order valence-electron chi connectivity index (χ0n) is 9.99. The molecule has 0 bridgehead atoms. The van der Waals surface area contributed by atoms with Crippen LogP contribution in [-0.2, 0) is 4.74 Å². The minimum atomic E-state index is 0.287. The molecule has 18 heavy (non-hydrogen) atoms. The van der Waals surface area contributed by atoms with Crippen molar-refractivity contribution in [3.05, 3.63) is 90.2 Å². The Morgan fingerprint density at radius 1 is 0.778 bits per heavy atom. The molecule has 1 aliphatic heterocycles. The fourth-order valence-electron chi connectivity index (χ4n) is 2.10. The summed E-state index contributed by atoms with van der Waals surface area (Å²) in [6, 6.07) is 20.6. The molecule has 0 saturated carbocycles. The van der Waals surface area contributed by atoms with Crippen LogP contribution < -0.4 is 0 Å². The van der Waals surface area contributed by atoms with Gasteiger partial charge >= 0.3 is 0 Å². The quantitative estimate of drug-likeness (QED) is 0.750. The Bertz CT molecular complexity index is 567. The Morgan fingerprint density at radius 3 is 2.17 bits per heavy atom. The van der Waals surface area contributed by atoms with Gasteiger partial charge in [-0.15, -0.1) is 0 Å². The van der Waals surface area contributed by atoms with E-state index in [1.165, 1.54) is 5.56 Å². The van der Waals surface area contributed by atoms with Gasteiger partial charge in [0.2, 0.25) is 0 Å². The van der Waals surface area contributed by atoms with Gasteiger partial charge in [-0.2, -0.15) is 0 Å². The van der Waals surface area contributed by atoms with E-state index in [-0.39, 0.29) is 5.92 Å². The van der Waals surface area contributed by atoms with Gasteiger partial charge in [-0.05, 0) is 17.7 Å². The third-order valence-corrected chi connectivity index (χ3v) is 3.05. The average molecular weight is 234 g/mol. The van der Waals surface area contributed by atoms with Crippen molar-refractivity contribution in [3.8, 4) is 0 Å².